The standard InChI is InChI=1S/C23H28BrN5O2S/c24-18-4-6-19(7-5-18)32-21-9-8-20(26-27-21)28-15-10-17(11-16-28)23(31)25-12-2-14-29-13-1-3-22(29)30/h4-9,17H,1-3,10-16H2,(H,25,31). The molecule has 9 heteroatoms. The van der Waals surface area contributed by atoms with Crippen LogP contribution in [0, 0.1) is 5.92 Å². The summed E-state index contributed by atoms with van der Waals surface area (Å²) < 4.78 is 1.05. The second-order valence-corrected chi connectivity index (χ2v) is 10.2. The molecule has 2 aliphatic heterocycles. The number of hydrogen-bond acceptors (Lipinski definition) is 6. The van der Waals surface area contributed by atoms with Crippen molar-refractivity contribution in [1.29, 1.82) is 0 Å². The Hall–Kier alpha value is -2.13. The van der Waals surface area contributed by atoms with Crippen LogP contribution in [-0.2, 0) is 9.59 Å². The Morgan fingerprint density at radius 1 is 1.09 bits per heavy atom. The minimum atomic E-state index is 0.0415. The fourth-order valence-electron chi connectivity index (χ4n) is 4.10. The van der Waals surface area contributed by atoms with Crippen LogP contribution in [0.1, 0.15) is 32.1 Å². The van der Waals surface area contributed by atoms with Gasteiger partial charge in [0, 0.05) is 54.4 Å². The summed E-state index contributed by atoms with van der Waals surface area (Å²) in [6, 6.07) is 12.1. The van der Waals surface area contributed by atoms with Gasteiger partial charge in [-0.25, -0.2) is 0 Å². The number of hydrogen-bond donors (Lipinski definition) is 1. The van der Waals surface area contributed by atoms with Crippen LogP contribution < -0.4 is 10.2 Å². The highest BCUT2D eigenvalue weighted by atomic mass is 79.9. The largest absolute Gasteiger partial charge is 0.356 e. The van der Waals surface area contributed by atoms with Crippen molar-refractivity contribution in [2.75, 3.05) is 37.6 Å². The molecule has 0 radical (unpaired) electrons. The van der Waals surface area contributed by atoms with Gasteiger partial charge in [-0.15, -0.1) is 10.2 Å². The van der Waals surface area contributed by atoms with E-state index < -0.39 is 0 Å². The Bertz CT molecular complexity index is 917. The first kappa shape index (κ1) is 23.0. The van der Waals surface area contributed by atoms with Crippen LogP contribution in [0.4, 0.5) is 5.82 Å². The van der Waals surface area contributed by atoms with Crippen molar-refractivity contribution in [3.63, 3.8) is 0 Å². The molecule has 7 nitrogen and oxygen atoms in total. The van der Waals surface area contributed by atoms with Gasteiger partial charge in [0.25, 0.3) is 0 Å². The van der Waals surface area contributed by atoms with Gasteiger partial charge in [-0.1, -0.05) is 27.7 Å². The number of anilines is 1. The van der Waals surface area contributed by atoms with E-state index in [1.54, 1.807) is 11.8 Å². The minimum Gasteiger partial charge on any atom is -0.356 e. The molecule has 3 heterocycles. The third-order valence-corrected chi connectivity index (χ3v) is 7.39. The van der Waals surface area contributed by atoms with Crippen molar-refractivity contribution in [2.24, 2.45) is 5.92 Å². The number of nitrogens with zero attached hydrogens (tertiary/aromatic N) is 4. The van der Waals surface area contributed by atoms with E-state index in [0.717, 1.165) is 72.1 Å². The van der Waals surface area contributed by atoms with Gasteiger partial charge in [0.1, 0.15) is 5.03 Å². The number of carbonyl (C=O) groups excluding carboxylic acids is 2. The number of aromatic nitrogens is 2. The molecule has 4 rings (SSSR count). The Morgan fingerprint density at radius 2 is 1.88 bits per heavy atom. The molecule has 0 spiro atoms. The lowest BCUT2D eigenvalue weighted by molar-refractivity contribution is -0.127. The smallest absolute Gasteiger partial charge is 0.223 e. The third-order valence-electron chi connectivity index (χ3n) is 5.93. The van der Waals surface area contributed by atoms with E-state index in [0.29, 0.717) is 13.0 Å². The van der Waals surface area contributed by atoms with Gasteiger partial charge in [-0.2, -0.15) is 0 Å². The molecule has 0 atom stereocenters. The lowest BCUT2D eigenvalue weighted by atomic mass is 9.96. The zero-order chi connectivity index (χ0) is 22.3. The molecule has 2 aromatic rings. The van der Waals surface area contributed by atoms with Crippen molar-refractivity contribution in [2.45, 2.75) is 42.0 Å². The molecule has 1 aromatic heterocycles. The number of benzene rings is 1. The number of likely N-dealkylation sites (tertiary alicyclic amines) is 1. The van der Waals surface area contributed by atoms with Crippen LogP contribution in [-0.4, -0.2) is 59.6 Å². The Balaban J connectivity index is 1.18. The topological polar surface area (TPSA) is 78.4 Å². The van der Waals surface area contributed by atoms with Crippen LogP contribution in [0.3, 0.4) is 0 Å². The molecule has 0 aliphatic carbocycles. The number of rotatable bonds is 8. The van der Waals surface area contributed by atoms with Crippen LogP contribution in [0.15, 0.2) is 50.8 Å². The summed E-state index contributed by atoms with van der Waals surface area (Å²) in [5.74, 6) is 1.27. The maximum Gasteiger partial charge on any atom is 0.223 e. The second kappa shape index (κ2) is 11.1. The van der Waals surface area contributed by atoms with Gasteiger partial charge in [0.2, 0.25) is 11.8 Å². The second-order valence-electron chi connectivity index (χ2n) is 8.18. The molecule has 2 amide bonds. The predicted octanol–water partition coefficient (Wildman–Crippen LogP) is 3.74. The molecular formula is C23H28BrN5O2S. The van der Waals surface area contributed by atoms with Crippen molar-refractivity contribution in [3.8, 4) is 0 Å². The highest BCUT2D eigenvalue weighted by Crippen LogP contribution is 2.28. The van der Waals surface area contributed by atoms with Gasteiger partial charge in [-0.3, -0.25) is 9.59 Å². The van der Waals surface area contributed by atoms with Crippen LogP contribution in [0.25, 0.3) is 0 Å². The number of amides is 2. The molecule has 0 bridgehead atoms. The summed E-state index contributed by atoms with van der Waals surface area (Å²) in [5.41, 5.74) is 0. The Morgan fingerprint density at radius 3 is 2.53 bits per heavy atom. The normalized spacial score (nSPS) is 17.1. The van der Waals surface area contributed by atoms with E-state index >= 15 is 0 Å². The fourth-order valence-corrected chi connectivity index (χ4v) is 5.09. The summed E-state index contributed by atoms with van der Waals surface area (Å²) in [5, 5.41) is 12.7. The highest BCUT2D eigenvalue weighted by Gasteiger charge is 2.26. The number of piperidine rings is 1. The summed E-state index contributed by atoms with van der Waals surface area (Å²) in [6.45, 7) is 3.83. The minimum absolute atomic E-state index is 0.0415. The van der Waals surface area contributed by atoms with Crippen molar-refractivity contribution in [1.82, 2.24) is 20.4 Å². The van der Waals surface area contributed by atoms with Gasteiger partial charge in [0.15, 0.2) is 5.82 Å². The van der Waals surface area contributed by atoms with Crippen LogP contribution in [0.5, 0.6) is 0 Å². The first-order chi connectivity index (χ1) is 15.6. The lowest BCUT2D eigenvalue weighted by Gasteiger charge is -2.31. The summed E-state index contributed by atoms with van der Waals surface area (Å²) in [6.07, 6.45) is 4.07. The number of carbonyl (C=O) groups is 2. The molecule has 1 aromatic carbocycles. The van der Waals surface area contributed by atoms with E-state index in [4.69, 9.17) is 0 Å². The highest BCUT2D eigenvalue weighted by molar-refractivity contribution is 9.10. The molecule has 0 saturated carbocycles. The monoisotopic (exact) mass is 517 g/mol. The van der Waals surface area contributed by atoms with Gasteiger partial charge in [-0.05, 0) is 62.1 Å². The van der Waals surface area contributed by atoms with E-state index in [1.165, 1.54) is 0 Å². The molecule has 2 fully saturated rings. The predicted molar refractivity (Wildman–Crippen MR) is 129 cm³/mol. The first-order valence-corrected chi connectivity index (χ1v) is 12.8. The SMILES string of the molecule is O=C(NCCCN1CCCC1=O)C1CCN(c2ccc(Sc3ccc(Br)cc3)nn2)CC1. The van der Waals surface area contributed by atoms with Crippen LogP contribution in [0.2, 0.25) is 0 Å². The Kier molecular flexibility index (Phi) is 8.02. The van der Waals surface area contributed by atoms with Gasteiger partial charge < -0.3 is 15.1 Å². The zero-order valence-electron chi connectivity index (χ0n) is 18.0. The molecule has 2 aliphatic rings. The molecule has 0 unspecified atom stereocenters. The van der Waals surface area contributed by atoms with Gasteiger partial charge >= 0.3 is 0 Å². The van der Waals surface area contributed by atoms with E-state index in [2.05, 4.69) is 36.3 Å². The third kappa shape index (κ3) is 6.22. The Labute approximate surface area is 201 Å². The van der Waals surface area contributed by atoms with E-state index in [1.807, 2.05) is 41.3 Å². The first-order valence-electron chi connectivity index (χ1n) is 11.2. The molecule has 2 saturated heterocycles. The van der Waals surface area contributed by atoms with E-state index in [9.17, 15) is 9.59 Å². The van der Waals surface area contributed by atoms with Crippen molar-refractivity contribution < 1.29 is 9.59 Å². The molecule has 170 valence electrons. The average Bonchev–Trinajstić information content (AvgIpc) is 3.23. The van der Waals surface area contributed by atoms with Crippen molar-refractivity contribution >= 4 is 45.3 Å². The lowest BCUT2D eigenvalue weighted by Crippen LogP contribution is -2.41. The average molecular weight is 518 g/mol. The molecular weight excluding hydrogens is 490 g/mol. The van der Waals surface area contributed by atoms with Gasteiger partial charge in [0.05, 0.1) is 0 Å². The zero-order valence-corrected chi connectivity index (χ0v) is 20.4. The van der Waals surface area contributed by atoms with E-state index in [-0.39, 0.29) is 17.7 Å². The summed E-state index contributed by atoms with van der Waals surface area (Å²) in [4.78, 5) is 29.3. The maximum absolute atomic E-state index is 12.5. The summed E-state index contributed by atoms with van der Waals surface area (Å²) in [7, 11) is 0. The number of halogens is 1. The molecule has 32 heavy (non-hydrogen) atoms. The fraction of sp³-hybridized carbons (Fsp3) is 0.478. The van der Waals surface area contributed by atoms with Crippen molar-refractivity contribution in [3.05, 3.63) is 40.9 Å². The molecule has 1 N–H and O–H groups in total. The van der Waals surface area contributed by atoms with Crippen LogP contribution >= 0.6 is 27.7 Å². The maximum atomic E-state index is 12.5. The number of nitrogens with one attached hydrogen (secondary N) is 1. The summed E-state index contributed by atoms with van der Waals surface area (Å²) >= 11 is 5.03. The quantitative estimate of drug-likeness (QED) is 0.537.